The van der Waals surface area contributed by atoms with Gasteiger partial charge in [0, 0.05) is 0 Å². The molecule has 0 aliphatic heterocycles. The molecule has 3 nitrogen and oxygen atoms in total. The quantitative estimate of drug-likeness (QED) is 0.401. The predicted octanol–water partition coefficient (Wildman–Crippen LogP) is 6.10. The summed E-state index contributed by atoms with van der Waals surface area (Å²) in [5, 5.41) is -1.56. The number of nitrogens with zero attached hydrogens (tertiary/aromatic N) is 1. The summed E-state index contributed by atoms with van der Waals surface area (Å²) in [6, 6.07) is 0. The van der Waals surface area contributed by atoms with Crippen LogP contribution in [-0.4, -0.2) is 30.6 Å². The lowest BCUT2D eigenvalue weighted by Gasteiger charge is -2.20. The van der Waals surface area contributed by atoms with Crippen LogP contribution in [0.1, 0.15) is 5.69 Å². The molecule has 0 atom stereocenters. The highest BCUT2D eigenvalue weighted by Crippen LogP contribution is 2.48. The van der Waals surface area contributed by atoms with Crippen molar-refractivity contribution in [1.29, 1.82) is 0 Å². The van der Waals surface area contributed by atoms with E-state index < -0.39 is 56.7 Å². The molecule has 14 heteroatoms. The van der Waals surface area contributed by atoms with Gasteiger partial charge in [-0.05, 0) is 0 Å². The fraction of sp³-hybridized carbons (Fsp3) is 0.500. The fourth-order valence-electron chi connectivity index (χ4n) is 1.22. The average Bonchev–Trinajstić information content (AvgIpc) is 2.33. The highest BCUT2D eigenvalue weighted by atomic mass is 35.6. The summed E-state index contributed by atoms with van der Waals surface area (Å²) in [5.74, 6) is -1.85. The molecule has 0 aromatic carbocycles. The Bertz CT molecular complexity index is 601. The van der Waals surface area contributed by atoms with Crippen LogP contribution in [0.25, 0.3) is 0 Å². The van der Waals surface area contributed by atoms with Crippen LogP contribution in [0.4, 0.5) is 26.3 Å². The van der Waals surface area contributed by atoms with Crippen LogP contribution in [0.3, 0.4) is 0 Å². The van der Waals surface area contributed by atoms with Gasteiger partial charge in [-0.2, -0.15) is 26.3 Å². The Balaban J connectivity index is 3.34. The lowest BCUT2D eigenvalue weighted by molar-refractivity contribution is -0.154. The van der Waals surface area contributed by atoms with Crippen LogP contribution in [-0.2, 0) is 3.79 Å². The summed E-state index contributed by atoms with van der Waals surface area (Å²) in [6.45, 7) is -3.70. The molecule has 1 aromatic rings. The van der Waals surface area contributed by atoms with Crippen LogP contribution in [0.15, 0.2) is 0 Å². The molecule has 1 rings (SSSR count). The molecule has 0 aliphatic rings. The van der Waals surface area contributed by atoms with Crippen molar-refractivity contribution >= 4 is 58.0 Å². The Kier molecular flexibility index (Phi) is 6.88. The van der Waals surface area contributed by atoms with E-state index in [0.29, 0.717) is 0 Å². The van der Waals surface area contributed by atoms with Gasteiger partial charge in [0.2, 0.25) is 9.67 Å². The maximum atomic E-state index is 12.3. The molecule has 0 saturated carbocycles. The lowest BCUT2D eigenvalue weighted by Crippen LogP contribution is -2.22. The van der Waals surface area contributed by atoms with Crippen LogP contribution in [0, 0.1) is 0 Å². The summed E-state index contributed by atoms with van der Waals surface area (Å²) in [7, 11) is 0. The van der Waals surface area contributed by atoms with Gasteiger partial charge in [0.05, 0.1) is 0 Å². The van der Waals surface area contributed by atoms with Crippen molar-refractivity contribution in [2.75, 3.05) is 13.2 Å². The average molecular weight is 461 g/mol. The van der Waals surface area contributed by atoms with Gasteiger partial charge in [-0.15, -0.1) is 0 Å². The van der Waals surface area contributed by atoms with Gasteiger partial charge in [-0.3, -0.25) is 0 Å². The largest absolute Gasteiger partial charge is 0.481 e. The number of alkyl halides is 9. The number of hydrogen-bond acceptors (Lipinski definition) is 3. The molecule has 1 aromatic heterocycles. The SMILES string of the molecule is FC(F)(F)COc1nc(C(Cl)(Cl)Cl)c(Cl)c(OCC(F)(F)F)c1Cl. The van der Waals surface area contributed by atoms with Gasteiger partial charge in [-0.1, -0.05) is 58.0 Å². The normalized spacial score (nSPS) is 13.1. The first-order valence-corrected chi connectivity index (χ1v) is 7.36. The van der Waals surface area contributed by atoms with E-state index in [1.807, 2.05) is 0 Å². The monoisotopic (exact) mass is 459 g/mol. The Hall–Kier alpha value is -0.220. The zero-order valence-corrected chi connectivity index (χ0v) is 14.6. The van der Waals surface area contributed by atoms with E-state index in [1.165, 1.54) is 0 Å². The minimum atomic E-state index is -4.79. The molecule has 0 saturated heterocycles. The minimum Gasteiger partial charge on any atom is -0.481 e. The van der Waals surface area contributed by atoms with Crippen LogP contribution >= 0.6 is 58.0 Å². The summed E-state index contributed by atoms with van der Waals surface area (Å²) >= 11 is 27.9. The molecular formula is C10H4Cl5F6NO2. The third kappa shape index (κ3) is 6.59. The van der Waals surface area contributed by atoms with Gasteiger partial charge in [-0.25, -0.2) is 4.98 Å². The predicted molar refractivity (Wildman–Crippen MR) is 76.6 cm³/mol. The van der Waals surface area contributed by atoms with E-state index in [-0.39, 0.29) is 0 Å². The van der Waals surface area contributed by atoms with E-state index >= 15 is 0 Å². The molecule has 138 valence electrons. The summed E-state index contributed by atoms with van der Waals surface area (Å²) in [6.07, 6.45) is -9.57. The van der Waals surface area contributed by atoms with Crippen molar-refractivity contribution in [1.82, 2.24) is 4.98 Å². The molecule has 0 N–H and O–H groups in total. The number of pyridine rings is 1. The molecular weight excluding hydrogens is 457 g/mol. The third-order valence-electron chi connectivity index (χ3n) is 2.03. The second-order valence-corrected chi connectivity index (χ2v) is 7.07. The summed E-state index contributed by atoms with van der Waals surface area (Å²) in [5.41, 5.74) is -0.715. The van der Waals surface area contributed by atoms with Crippen molar-refractivity contribution in [2.24, 2.45) is 0 Å². The number of halogens is 11. The van der Waals surface area contributed by atoms with Gasteiger partial charge in [0.15, 0.2) is 19.0 Å². The number of ether oxygens (including phenoxy) is 2. The molecule has 0 spiro atoms. The second-order valence-electron chi connectivity index (χ2n) is 4.03. The molecule has 0 radical (unpaired) electrons. The van der Waals surface area contributed by atoms with E-state index in [4.69, 9.17) is 58.0 Å². The number of rotatable bonds is 4. The Morgan fingerprint density at radius 3 is 1.67 bits per heavy atom. The first-order valence-electron chi connectivity index (χ1n) is 5.47. The van der Waals surface area contributed by atoms with Crippen molar-refractivity contribution in [3.8, 4) is 11.6 Å². The number of aromatic nitrogens is 1. The summed E-state index contributed by atoms with van der Waals surface area (Å²) < 4.78 is 79.7. The second kappa shape index (κ2) is 7.57. The Morgan fingerprint density at radius 1 is 0.792 bits per heavy atom. The van der Waals surface area contributed by atoms with E-state index in [1.54, 1.807) is 0 Å². The van der Waals surface area contributed by atoms with Gasteiger partial charge < -0.3 is 9.47 Å². The molecule has 0 amide bonds. The molecule has 1 heterocycles. The van der Waals surface area contributed by atoms with Gasteiger partial charge in [0.1, 0.15) is 15.7 Å². The first kappa shape index (κ1) is 21.8. The molecule has 0 aliphatic carbocycles. The lowest BCUT2D eigenvalue weighted by atomic mass is 10.3. The van der Waals surface area contributed by atoms with Crippen molar-refractivity contribution in [3.63, 3.8) is 0 Å². The summed E-state index contributed by atoms with van der Waals surface area (Å²) in [4.78, 5) is 3.41. The maximum Gasteiger partial charge on any atom is 0.422 e. The Morgan fingerprint density at radius 2 is 1.25 bits per heavy atom. The Labute approximate surface area is 155 Å². The number of hydrogen-bond donors (Lipinski definition) is 0. The van der Waals surface area contributed by atoms with E-state index in [2.05, 4.69) is 14.5 Å². The van der Waals surface area contributed by atoms with Gasteiger partial charge in [0.25, 0.3) is 0 Å². The van der Waals surface area contributed by atoms with Gasteiger partial charge >= 0.3 is 12.4 Å². The molecule has 0 bridgehead atoms. The van der Waals surface area contributed by atoms with Crippen molar-refractivity contribution < 1.29 is 35.8 Å². The van der Waals surface area contributed by atoms with E-state index in [0.717, 1.165) is 0 Å². The fourth-order valence-corrected chi connectivity index (χ4v) is 2.40. The maximum absolute atomic E-state index is 12.3. The molecule has 0 unspecified atom stereocenters. The first-order chi connectivity index (χ1) is 10.6. The smallest absolute Gasteiger partial charge is 0.422 e. The van der Waals surface area contributed by atoms with Crippen molar-refractivity contribution in [3.05, 3.63) is 15.7 Å². The van der Waals surface area contributed by atoms with Crippen LogP contribution < -0.4 is 9.47 Å². The highest BCUT2D eigenvalue weighted by Gasteiger charge is 2.36. The highest BCUT2D eigenvalue weighted by molar-refractivity contribution is 6.67. The molecule has 24 heavy (non-hydrogen) atoms. The van der Waals surface area contributed by atoms with E-state index in [9.17, 15) is 26.3 Å². The third-order valence-corrected chi connectivity index (χ3v) is 3.25. The van der Waals surface area contributed by atoms with Crippen LogP contribution in [0.5, 0.6) is 11.6 Å². The van der Waals surface area contributed by atoms with Crippen molar-refractivity contribution in [2.45, 2.75) is 16.1 Å². The zero-order chi connectivity index (χ0) is 18.9. The van der Waals surface area contributed by atoms with Crippen LogP contribution in [0.2, 0.25) is 10.0 Å². The standard InChI is InChI=1S/C10H4Cl5F6NO2/c11-3-5(23-1-8(16,17)18)4(12)7(24-2-9(19,20)21)22-6(3)10(13,14)15/h1-2H2. The zero-order valence-electron chi connectivity index (χ0n) is 10.8. The minimum absolute atomic E-state index is 0.715. The topological polar surface area (TPSA) is 31.4 Å². The molecule has 0 fully saturated rings.